The highest BCUT2D eigenvalue weighted by atomic mass is 16.2. The molecular formula is C21H29N3O2. The van der Waals surface area contributed by atoms with Crippen molar-refractivity contribution in [2.75, 3.05) is 25.0 Å². The summed E-state index contributed by atoms with van der Waals surface area (Å²) >= 11 is 0. The number of carbonyl (C=O) groups excluding carboxylic acids is 2. The maximum atomic E-state index is 12.3. The van der Waals surface area contributed by atoms with Crippen molar-refractivity contribution in [1.29, 1.82) is 0 Å². The molecule has 2 aliphatic rings. The smallest absolute Gasteiger partial charge is 0.227 e. The zero-order chi connectivity index (χ0) is 18.4. The van der Waals surface area contributed by atoms with Gasteiger partial charge in [-0.05, 0) is 69.3 Å². The highest BCUT2D eigenvalue weighted by Gasteiger charge is 2.22. The fourth-order valence-electron chi connectivity index (χ4n) is 3.76. The Kier molecular flexibility index (Phi) is 6.45. The fourth-order valence-corrected chi connectivity index (χ4v) is 3.76. The minimum absolute atomic E-state index is 0.0498. The molecule has 1 aliphatic heterocycles. The van der Waals surface area contributed by atoms with E-state index >= 15 is 0 Å². The lowest BCUT2D eigenvalue weighted by molar-refractivity contribution is -0.123. The van der Waals surface area contributed by atoms with Gasteiger partial charge in [0.05, 0.1) is 0 Å². The first-order valence-corrected chi connectivity index (χ1v) is 9.68. The number of carbonyl (C=O) groups is 2. The Morgan fingerprint density at radius 2 is 1.77 bits per heavy atom. The molecule has 0 spiro atoms. The van der Waals surface area contributed by atoms with Gasteiger partial charge in [0.25, 0.3) is 0 Å². The van der Waals surface area contributed by atoms with E-state index in [1.54, 1.807) is 0 Å². The van der Waals surface area contributed by atoms with E-state index in [0.717, 1.165) is 63.8 Å². The van der Waals surface area contributed by atoms with E-state index in [9.17, 15) is 9.59 Å². The monoisotopic (exact) mass is 355 g/mol. The lowest BCUT2D eigenvalue weighted by atomic mass is 9.93. The van der Waals surface area contributed by atoms with Crippen molar-refractivity contribution >= 4 is 17.5 Å². The molecule has 1 saturated heterocycles. The molecule has 5 nitrogen and oxygen atoms in total. The van der Waals surface area contributed by atoms with Crippen molar-refractivity contribution in [2.45, 2.75) is 38.5 Å². The molecular weight excluding hydrogens is 326 g/mol. The number of benzene rings is 1. The molecule has 2 amide bonds. The third-order valence-corrected chi connectivity index (χ3v) is 5.57. The maximum Gasteiger partial charge on any atom is 0.227 e. The number of nitrogens with two attached hydrogens (primary N) is 1. The van der Waals surface area contributed by atoms with Crippen molar-refractivity contribution in [1.82, 2.24) is 4.90 Å². The molecule has 1 aromatic carbocycles. The Morgan fingerprint density at radius 1 is 1.04 bits per heavy atom. The number of allylic oxidation sites excluding steroid dienone is 2. The van der Waals surface area contributed by atoms with Crippen LogP contribution in [0, 0.1) is 11.8 Å². The second kappa shape index (κ2) is 8.99. The average Bonchev–Trinajstić information content (AvgIpc) is 2.68. The van der Waals surface area contributed by atoms with Gasteiger partial charge in [0.1, 0.15) is 0 Å². The van der Waals surface area contributed by atoms with Crippen LogP contribution in [0.4, 0.5) is 5.69 Å². The molecule has 0 radical (unpaired) electrons. The fraction of sp³-hybridized carbons (Fsp3) is 0.524. The quantitative estimate of drug-likeness (QED) is 0.771. The topological polar surface area (TPSA) is 75.4 Å². The number of amides is 2. The van der Waals surface area contributed by atoms with Crippen molar-refractivity contribution in [3.05, 3.63) is 42.0 Å². The van der Waals surface area contributed by atoms with Crippen LogP contribution in [0.2, 0.25) is 0 Å². The standard InChI is InChI=1S/C21H29N3O2/c22-20(25)17-11-14-24(15-12-17)13-10-16-6-8-19(9-7-16)23-21(26)18-4-2-1-3-5-18/h1-2,6-9,17-18H,3-5,10-15H2,(H2,22,25)(H,23,26). The molecule has 3 N–H and O–H groups in total. The molecule has 1 fully saturated rings. The van der Waals surface area contributed by atoms with Crippen molar-refractivity contribution in [3.8, 4) is 0 Å². The van der Waals surface area contributed by atoms with Crippen molar-refractivity contribution in [2.24, 2.45) is 17.6 Å². The van der Waals surface area contributed by atoms with E-state index in [2.05, 4.69) is 34.5 Å². The number of nitrogens with zero attached hydrogens (tertiary/aromatic N) is 1. The Balaban J connectivity index is 1.42. The molecule has 1 atom stereocenters. The average molecular weight is 355 g/mol. The van der Waals surface area contributed by atoms with Crippen LogP contribution in [0.25, 0.3) is 0 Å². The third-order valence-electron chi connectivity index (χ3n) is 5.57. The second-order valence-electron chi connectivity index (χ2n) is 7.44. The van der Waals surface area contributed by atoms with Gasteiger partial charge in [-0.3, -0.25) is 9.59 Å². The highest BCUT2D eigenvalue weighted by Crippen LogP contribution is 2.21. The summed E-state index contributed by atoms with van der Waals surface area (Å²) in [5.74, 6) is 0.114. The normalized spacial score (nSPS) is 21.5. The van der Waals surface area contributed by atoms with Crippen LogP contribution in [-0.4, -0.2) is 36.3 Å². The van der Waals surface area contributed by atoms with Crippen LogP contribution in [0.5, 0.6) is 0 Å². The first kappa shape index (κ1) is 18.6. The van der Waals surface area contributed by atoms with E-state index < -0.39 is 0 Å². The van der Waals surface area contributed by atoms with Crippen LogP contribution in [0.3, 0.4) is 0 Å². The highest BCUT2D eigenvalue weighted by molar-refractivity contribution is 5.92. The third kappa shape index (κ3) is 5.18. The molecule has 3 rings (SSSR count). The number of likely N-dealkylation sites (tertiary alicyclic amines) is 1. The molecule has 1 heterocycles. The number of anilines is 1. The summed E-state index contributed by atoms with van der Waals surface area (Å²) in [5, 5.41) is 3.03. The maximum absolute atomic E-state index is 12.3. The predicted octanol–water partition coefficient (Wildman–Crippen LogP) is 2.72. The molecule has 0 aromatic heterocycles. The molecule has 0 bridgehead atoms. The van der Waals surface area contributed by atoms with Crippen LogP contribution in [0.15, 0.2) is 36.4 Å². The molecule has 140 valence electrons. The summed E-state index contributed by atoms with van der Waals surface area (Å²) < 4.78 is 0. The SMILES string of the molecule is NC(=O)C1CCN(CCc2ccc(NC(=O)C3CC=CCC3)cc2)CC1. The van der Waals surface area contributed by atoms with Crippen LogP contribution in [0.1, 0.15) is 37.7 Å². The lowest BCUT2D eigenvalue weighted by Crippen LogP contribution is -2.39. The Morgan fingerprint density at radius 3 is 2.38 bits per heavy atom. The van der Waals surface area contributed by atoms with Gasteiger partial charge in [0.2, 0.25) is 11.8 Å². The summed E-state index contributed by atoms with van der Waals surface area (Å²) in [5.41, 5.74) is 7.52. The van der Waals surface area contributed by atoms with Crippen LogP contribution in [-0.2, 0) is 16.0 Å². The molecule has 1 aromatic rings. The number of nitrogens with one attached hydrogen (secondary N) is 1. The molecule has 1 unspecified atom stereocenters. The van der Waals surface area contributed by atoms with Gasteiger partial charge in [-0.15, -0.1) is 0 Å². The second-order valence-corrected chi connectivity index (χ2v) is 7.44. The number of rotatable bonds is 6. The van der Waals surface area contributed by atoms with Gasteiger partial charge < -0.3 is 16.0 Å². The number of primary amides is 1. The first-order valence-electron chi connectivity index (χ1n) is 9.68. The zero-order valence-corrected chi connectivity index (χ0v) is 15.3. The number of piperidine rings is 1. The Labute approximate surface area is 155 Å². The van der Waals surface area contributed by atoms with E-state index in [4.69, 9.17) is 5.73 Å². The van der Waals surface area contributed by atoms with Gasteiger partial charge in [0, 0.05) is 24.1 Å². The lowest BCUT2D eigenvalue weighted by Gasteiger charge is -2.30. The van der Waals surface area contributed by atoms with Crippen LogP contribution >= 0.6 is 0 Å². The molecule has 1 aliphatic carbocycles. The Bertz CT molecular complexity index is 646. The van der Waals surface area contributed by atoms with Gasteiger partial charge in [0.15, 0.2) is 0 Å². The van der Waals surface area contributed by atoms with E-state index in [1.165, 1.54) is 5.56 Å². The minimum atomic E-state index is -0.161. The van der Waals surface area contributed by atoms with Gasteiger partial charge in [-0.1, -0.05) is 24.3 Å². The van der Waals surface area contributed by atoms with E-state index in [0.29, 0.717) is 0 Å². The van der Waals surface area contributed by atoms with Gasteiger partial charge in [-0.25, -0.2) is 0 Å². The summed E-state index contributed by atoms with van der Waals surface area (Å²) in [7, 11) is 0. The Hall–Kier alpha value is -2.14. The van der Waals surface area contributed by atoms with Gasteiger partial charge in [-0.2, -0.15) is 0 Å². The number of hydrogen-bond acceptors (Lipinski definition) is 3. The largest absolute Gasteiger partial charge is 0.369 e. The summed E-state index contributed by atoms with van der Waals surface area (Å²) in [6.45, 7) is 2.88. The van der Waals surface area contributed by atoms with Crippen molar-refractivity contribution in [3.63, 3.8) is 0 Å². The van der Waals surface area contributed by atoms with Crippen LogP contribution < -0.4 is 11.1 Å². The zero-order valence-electron chi connectivity index (χ0n) is 15.3. The molecule has 5 heteroatoms. The summed E-state index contributed by atoms with van der Waals surface area (Å²) in [4.78, 5) is 25.9. The first-order chi connectivity index (χ1) is 12.6. The predicted molar refractivity (Wildman–Crippen MR) is 104 cm³/mol. The van der Waals surface area contributed by atoms with E-state index in [1.807, 2.05) is 12.1 Å². The molecule has 26 heavy (non-hydrogen) atoms. The summed E-state index contributed by atoms with van der Waals surface area (Å²) in [6.07, 6.45) is 9.74. The van der Waals surface area contributed by atoms with Crippen molar-refractivity contribution < 1.29 is 9.59 Å². The molecule has 0 saturated carbocycles. The number of hydrogen-bond donors (Lipinski definition) is 2. The van der Waals surface area contributed by atoms with E-state index in [-0.39, 0.29) is 23.7 Å². The minimum Gasteiger partial charge on any atom is -0.369 e. The summed E-state index contributed by atoms with van der Waals surface area (Å²) in [6, 6.07) is 8.16. The van der Waals surface area contributed by atoms with Gasteiger partial charge >= 0.3 is 0 Å².